The van der Waals surface area contributed by atoms with Crippen molar-refractivity contribution >= 4 is 71.6 Å². The van der Waals surface area contributed by atoms with Crippen LogP contribution in [0.1, 0.15) is 237 Å². The number of carbonyl (C=O) groups is 12. The maximum atomic E-state index is 12.1. The summed E-state index contributed by atoms with van der Waals surface area (Å²) >= 11 is 0. The van der Waals surface area contributed by atoms with E-state index in [4.69, 9.17) is 79.5 Å². The molecule has 0 saturated heterocycles. The van der Waals surface area contributed by atoms with Gasteiger partial charge >= 0.3 is 71.6 Å². The first kappa shape index (κ1) is 115. The van der Waals surface area contributed by atoms with Gasteiger partial charge in [-0.05, 0) is 107 Å². The van der Waals surface area contributed by atoms with Gasteiger partial charge in [0.15, 0.2) is 0 Å². The predicted molar refractivity (Wildman–Crippen MR) is 413 cm³/mol. The lowest BCUT2D eigenvalue weighted by Gasteiger charge is -2.35. The van der Waals surface area contributed by atoms with E-state index in [0.717, 1.165) is 57.8 Å². The summed E-state index contributed by atoms with van der Waals surface area (Å²) in [4.78, 5) is 134. The number of ether oxygens (including phenoxy) is 7. The van der Waals surface area contributed by atoms with Gasteiger partial charge in [0.2, 0.25) is 0 Å². The van der Waals surface area contributed by atoms with Gasteiger partial charge in [-0.15, -0.1) is 0 Å². The molecular formula is C79H142O37. The molecule has 0 aliphatic heterocycles. The Hall–Kier alpha value is -6.88. The summed E-state index contributed by atoms with van der Waals surface area (Å²) in [5.41, 5.74) is -7.61. The number of carboxylic acids is 6. The molecule has 2 saturated carbocycles. The van der Waals surface area contributed by atoms with Gasteiger partial charge in [-0.2, -0.15) is 0 Å². The molecule has 116 heavy (non-hydrogen) atoms. The first-order valence-electron chi connectivity index (χ1n) is 39.3. The Bertz CT molecular complexity index is 2770. The minimum atomic E-state index is -1.17. The van der Waals surface area contributed by atoms with Gasteiger partial charge < -0.3 is 125 Å². The van der Waals surface area contributed by atoms with E-state index < -0.39 is 139 Å². The second-order valence-corrected chi connectivity index (χ2v) is 32.6. The first-order chi connectivity index (χ1) is 54.1. The van der Waals surface area contributed by atoms with E-state index in [1.165, 1.54) is 0 Å². The first-order valence-corrected chi connectivity index (χ1v) is 39.3. The van der Waals surface area contributed by atoms with Crippen molar-refractivity contribution in [3.05, 3.63) is 0 Å². The largest absolute Gasteiger partial charge is 0.481 e. The highest BCUT2D eigenvalue weighted by Gasteiger charge is 2.42. The number of rotatable bonds is 54. The maximum absolute atomic E-state index is 12.1. The highest BCUT2D eigenvalue weighted by molar-refractivity contribution is 5.77. The van der Waals surface area contributed by atoms with Crippen LogP contribution in [0.25, 0.3) is 0 Å². The number of carbonyl (C=O) groups excluding carboxylic acids is 6. The molecule has 0 aromatic rings. The molecule has 0 aromatic carbocycles. The molecule has 680 valence electrons. The number of carboxylic acid groups (broad SMARTS) is 6. The second-order valence-electron chi connectivity index (χ2n) is 32.6. The van der Waals surface area contributed by atoms with Crippen molar-refractivity contribution in [2.45, 2.75) is 237 Å². The van der Waals surface area contributed by atoms with Crippen LogP contribution in [-0.4, -0.2) is 296 Å². The molecule has 0 radical (unpaired) electrons. The number of hydrogen-bond acceptors (Lipinski definition) is 31. The van der Waals surface area contributed by atoms with Crippen LogP contribution in [0.15, 0.2) is 0 Å². The van der Waals surface area contributed by atoms with Gasteiger partial charge in [-0.1, -0.05) is 94.4 Å². The normalized spacial score (nSPS) is 14.3. The minimum absolute atomic E-state index is 0.00402. The monoisotopic (exact) mass is 1680 g/mol. The third-order valence-corrected chi connectivity index (χ3v) is 21.7. The molecule has 18 N–H and O–H groups in total. The lowest BCUT2D eigenvalue weighted by molar-refractivity contribution is -0.158. The summed E-state index contributed by atoms with van der Waals surface area (Å²) in [7, 11) is 0. The quantitative estimate of drug-likeness (QED) is 0.0301. The Morgan fingerprint density at radius 3 is 0.871 bits per heavy atom. The fourth-order valence-electron chi connectivity index (χ4n) is 11.3. The van der Waals surface area contributed by atoms with Crippen LogP contribution in [0.2, 0.25) is 0 Å². The molecule has 2 aliphatic carbocycles. The molecule has 0 aromatic heterocycles. The van der Waals surface area contributed by atoms with Crippen LogP contribution in [-0.2, 0) is 90.7 Å². The zero-order chi connectivity index (χ0) is 90.3. The molecular weight excluding hydrogens is 1540 g/mol. The van der Waals surface area contributed by atoms with E-state index in [9.17, 15) is 98.4 Å². The number of hydrogen-bond donors (Lipinski definition) is 18. The van der Waals surface area contributed by atoms with Crippen molar-refractivity contribution < 1.29 is 183 Å². The molecule has 2 fully saturated rings. The summed E-state index contributed by atoms with van der Waals surface area (Å²) in [6, 6.07) is 0. The van der Waals surface area contributed by atoms with Crippen molar-refractivity contribution in [1.29, 1.82) is 0 Å². The zero-order valence-electron chi connectivity index (χ0n) is 70.2. The van der Waals surface area contributed by atoms with Crippen LogP contribution in [0, 0.1) is 60.1 Å². The molecule has 2 rings (SSSR count). The lowest BCUT2D eigenvalue weighted by atomic mass is 9.69. The highest BCUT2D eigenvalue weighted by atomic mass is 16.6. The smallest absolute Gasteiger partial charge is 0.332 e. The van der Waals surface area contributed by atoms with Crippen LogP contribution >= 0.6 is 0 Å². The number of aliphatic hydroxyl groups is 12. The second kappa shape index (κ2) is 59.7. The molecule has 1 atom stereocenters. The molecule has 0 spiro atoms. The molecule has 1 unspecified atom stereocenters. The SMILES string of the molecule is CCC(CO)(CO)COC(=O)CC(C)(C)CC(=O)O.CCC(CO)(CO)COC(=O)CC(C)CC(=O)O.CCC(CO)(CO)COC(=O)CC1(CC(=O)O)CCCC1.CCC(CO)(CO)COC(=O)CC1(CC(=O)O)CCCCC1.CCC(CO)(CO)COC(=O)CCC(C)(C)C(=O)O.CCC(CO)(CO)COC(=O)COCC(=O)O. The lowest BCUT2D eigenvalue weighted by Crippen LogP contribution is -2.37. The maximum Gasteiger partial charge on any atom is 0.332 e. The van der Waals surface area contributed by atoms with E-state index in [1.54, 1.807) is 62.3 Å². The van der Waals surface area contributed by atoms with E-state index in [0.29, 0.717) is 38.5 Å². The van der Waals surface area contributed by atoms with E-state index >= 15 is 0 Å². The number of esters is 6. The molecule has 0 amide bonds. The Balaban J connectivity index is -0.000000650. The van der Waals surface area contributed by atoms with Crippen LogP contribution in [0.3, 0.4) is 0 Å². The summed E-state index contributed by atoms with van der Waals surface area (Å²) in [6.45, 7) is 14.1. The highest BCUT2D eigenvalue weighted by Crippen LogP contribution is 2.45. The fraction of sp³-hybridized carbons (Fsp3) is 0.848. The van der Waals surface area contributed by atoms with Crippen molar-refractivity contribution in [2.24, 2.45) is 60.1 Å². The van der Waals surface area contributed by atoms with Crippen molar-refractivity contribution in [3.63, 3.8) is 0 Å². The Kier molecular flexibility index (Phi) is 59.4. The Morgan fingerprint density at radius 2 is 0.603 bits per heavy atom. The minimum Gasteiger partial charge on any atom is -0.481 e. The van der Waals surface area contributed by atoms with Crippen LogP contribution in [0.5, 0.6) is 0 Å². The van der Waals surface area contributed by atoms with E-state index in [-0.39, 0.29) is 189 Å². The van der Waals surface area contributed by atoms with Crippen molar-refractivity contribution in [1.82, 2.24) is 0 Å². The van der Waals surface area contributed by atoms with E-state index in [1.807, 2.05) is 13.8 Å². The predicted octanol–water partition coefficient (Wildman–Crippen LogP) is 4.09. The molecule has 2 aliphatic rings. The summed E-state index contributed by atoms with van der Waals surface area (Å²) < 4.78 is 34.8. The average Bonchev–Trinajstić information content (AvgIpc) is 1.58. The van der Waals surface area contributed by atoms with Crippen molar-refractivity contribution in [3.8, 4) is 0 Å². The third-order valence-electron chi connectivity index (χ3n) is 21.7. The molecule has 37 heteroatoms. The Morgan fingerprint density at radius 1 is 0.319 bits per heavy atom. The zero-order valence-corrected chi connectivity index (χ0v) is 70.2. The summed E-state index contributed by atoms with van der Waals surface area (Å²) in [5, 5.41) is 163. The van der Waals surface area contributed by atoms with Crippen molar-refractivity contribution in [2.75, 3.05) is 132 Å². The average molecular weight is 1680 g/mol. The summed E-state index contributed by atoms with van der Waals surface area (Å²) in [6.07, 6.45) is 10.7. The number of aliphatic hydroxyl groups excluding tert-OH is 12. The number of aliphatic carboxylic acids is 6. The van der Waals surface area contributed by atoms with Gasteiger partial charge in [-0.3, -0.25) is 47.9 Å². The third kappa shape index (κ3) is 48.2. The fourth-order valence-corrected chi connectivity index (χ4v) is 11.3. The van der Waals surface area contributed by atoms with Crippen LogP contribution < -0.4 is 0 Å². The van der Waals surface area contributed by atoms with Gasteiger partial charge in [0.1, 0.15) is 52.9 Å². The molecule has 0 heterocycles. The van der Waals surface area contributed by atoms with Crippen LogP contribution in [0.4, 0.5) is 0 Å². The van der Waals surface area contributed by atoms with Gasteiger partial charge in [0.05, 0.1) is 156 Å². The molecule has 37 nitrogen and oxygen atoms in total. The topological polar surface area (TPSA) is 634 Å². The van der Waals surface area contributed by atoms with Gasteiger partial charge in [0, 0.05) is 19.3 Å². The van der Waals surface area contributed by atoms with E-state index in [2.05, 4.69) is 4.74 Å². The van der Waals surface area contributed by atoms with Gasteiger partial charge in [-0.25, -0.2) is 9.59 Å². The van der Waals surface area contributed by atoms with Gasteiger partial charge in [0.25, 0.3) is 0 Å². The Labute approximate surface area is 680 Å². The summed E-state index contributed by atoms with van der Waals surface area (Å²) in [5.74, 6) is -9.30. The molecule has 0 bridgehead atoms. The standard InChI is InChI=1S/C16H28O6.C15H26O6.2C13H24O6.C12H22O6.C10H18O7/c1-2-15(10-17,11-18)12-22-14(21)9-16(8-13(19)20)6-4-3-5-7-16;1-2-14(9-16,10-17)11-21-13(20)8-15(7-12(18)19)5-3-4-6-15;1-4-13(7-14,8-15)9-19-11(18)6-12(2,3)5-10(16)17;1-4-13(7-14,8-15)9-19-10(16)5-6-12(2,3)11(17)18;1-3-12(6-13,7-14)8-18-11(17)5-9(2)4-10(15)16;1-2-10(5-11,6-12)7-17-9(15)4-16-3-8(13)14/h17-18H,2-12H2,1H3,(H,19,20);16-17H,2-11H2,1H3,(H,18,19);14-15H,4-9H2,1-3H3,(H,16,17);14-15H,4-9H2,1-3H3,(H,17,18);9,13-14H,3-8H2,1-2H3,(H,15,16);11-12H,2-7H2,1H3,(H,13,14).